The fraction of sp³-hybridized carbons (Fsp3) is 0.538. The maximum Gasteiger partial charge on any atom is 0.120 e. The molecule has 0 saturated heterocycles. The first-order valence-electron chi connectivity index (χ1n) is 5.67. The molecule has 1 aromatic carbocycles. The number of halogens is 1. The Hall–Kier alpha value is -0.580. The van der Waals surface area contributed by atoms with Crippen LogP contribution in [0.1, 0.15) is 26.3 Å². The molecule has 0 spiro atoms. The molecule has 0 fully saturated rings. The average molecular weight is 302 g/mol. The lowest BCUT2D eigenvalue weighted by Crippen LogP contribution is -2.22. The quantitative estimate of drug-likeness (QED) is 0.850. The maximum absolute atomic E-state index is 5.61. The smallest absolute Gasteiger partial charge is 0.120 e. The van der Waals surface area contributed by atoms with Crippen LogP contribution in [0.25, 0.3) is 0 Å². The number of benzene rings is 1. The van der Waals surface area contributed by atoms with Gasteiger partial charge in [0.2, 0.25) is 0 Å². The Balaban J connectivity index is 2.44. The minimum Gasteiger partial charge on any atom is -0.491 e. The Labute approximate surface area is 111 Å². The highest BCUT2D eigenvalue weighted by molar-refractivity contribution is 9.10. The minimum atomic E-state index is -0.122. The molecule has 2 N–H and O–H groups in total. The Morgan fingerprint density at radius 3 is 2.47 bits per heavy atom. The lowest BCUT2D eigenvalue weighted by Gasteiger charge is -2.19. The summed E-state index contributed by atoms with van der Waals surface area (Å²) < 4.78 is 12.2. The molecule has 0 aliphatic rings. The van der Waals surface area contributed by atoms with Gasteiger partial charge in [0, 0.05) is 11.0 Å². The first-order valence-corrected chi connectivity index (χ1v) is 6.46. The van der Waals surface area contributed by atoms with Crippen molar-refractivity contribution in [2.24, 2.45) is 5.73 Å². The van der Waals surface area contributed by atoms with E-state index in [1.165, 1.54) is 0 Å². The zero-order valence-corrected chi connectivity index (χ0v) is 12.2. The number of ether oxygens (including phenoxy) is 2. The zero-order chi connectivity index (χ0) is 12.9. The summed E-state index contributed by atoms with van der Waals surface area (Å²) in [6.07, 6.45) is 0. The van der Waals surface area contributed by atoms with E-state index >= 15 is 0 Å². The summed E-state index contributed by atoms with van der Waals surface area (Å²) in [6.45, 7) is 7.70. The molecule has 0 aromatic heterocycles. The fourth-order valence-corrected chi connectivity index (χ4v) is 1.85. The Morgan fingerprint density at radius 1 is 1.18 bits per heavy atom. The SMILES string of the molecule is CC(C)(C)OCCOc1cc(Br)cc(CN)c1. The molecule has 4 heteroatoms. The summed E-state index contributed by atoms with van der Waals surface area (Å²) in [7, 11) is 0. The number of hydrogen-bond donors (Lipinski definition) is 1. The zero-order valence-electron chi connectivity index (χ0n) is 10.6. The van der Waals surface area contributed by atoms with Gasteiger partial charge in [0.15, 0.2) is 0 Å². The lowest BCUT2D eigenvalue weighted by molar-refractivity contribution is -0.0163. The van der Waals surface area contributed by atoms with Crippen molar-refractivity contribution in [2.75, 3.05) is 13.2 Å². The third-order valence-electron chi connectivity index (χ3n) is 2.05. The maximum atomic E-state index is 5.61. The number of hydrogen-bond acceptors (Lipinski definition) is 3. The van der Waals surface area contributed by atoms with Gasteiger partial charge in [-0.3, -0.25) is 0 Å². The Kier molecular flexibility index (Phi) is 5.43. The van der Waals surface area contributed by atoms with Crippen LogP contribution in [0.2, 0.25) is 0 Å². The summed E-state index contributed by atoms with van der Waals surface area (Å²) in [5.74, 6) is 0.817. The van der Waals surface area contributed by atoms with Gasteiger partial charge in [-0.05, 0) is 44.5 Å². The molecule has 1 rings (SSSR count). The van der Waals surface area contributed by atoms with Crippen LogP contribution in [0.3, 0.4) is 0 Å². The summed E-state index contributed by atoms with van der Waals surface area (Å²) in [5, 5.41) is 0. The summed E-state index contributed by atoms with van der Waals surface area (Å²) >= 11 is 3.43. The van der Waals surface area contributed by atoms with Crippen LogP contribution in [0, 0.1) is 0 Å². The fourth-order valence-electron chi connectivity index (χ4n) is 1.33. The predicted molar refractivity (Wildman–Crippen MR) is 73.2 cm³/mol. The van der Waals surface area contributed by atoms with Crippen molar-refractivity contribution in [3.8, 4) is 5.75 Å². The van der Waals surface area contributed by atoms with E-state index in [4.69, 9.17) is 15.2 Å². The van der Waals surface area contributed by atoms with Crippen LogP contribution in [-0.4, -0.2) is 18.8 Å². The molecule has 0 atom stereocenters. The van der Waals surface area contributed by atoms with Crippen LogP contribution in [0.4, 0.5) is 0 Å². The molecule has 0 radical (unpaired) electrons. The molecule has 0 unspecified atom stereocenters. The van der Waals surface area contributed by atoms with Crippen LogP contribution in [0.15, 0.2) is 22.7 Å². The van der Waals surface area contributed by atoms with E-state index in [1.54, 1.807) is 0 Å². The highest BCUT2D eigenvalue weighted by atomic mass is 79.9. The molecule has 0 amide bonds. The Bertz CT molecular complexity index is 361. The van der Waals surface area contributed by atoms with Gasteiger partial charge in [0.05, 0.1) is 12.2 Å². The van der Waals surface area contributed by atoms with Gasteiger partial charge >= 0.3 is 0 Å². The van der Waals surface area contributed by atoms with Crippen molar-refractivity contribution < 1.29 is 9.47 Å². The van der Waals surface area contributed by atoms with E-state index < -0.39 is 0 Å². The van der Waals surface area contributed by atoms with Gasteiger partial charge in [-0.1, -0.05) is 15.9 Å². The lowest BCUT2D eigenvalue weighted by atomic mass is 10.2. The van der Waals surface area contributed by atoms with Crippen LogP contribution in [0.5, 0.6) is 5.75 Å². The second-order valence-corrected chi connectivity index (χ2v) is 5.72. The van der Waals surface area contributed by atoms with E-state index in [0.717, 1.165) is 15.8 Å². The normalized spacial score (nSPS) is 11.6. The highest BCUT2D eigenvalue weighted by Gasteiger charge is 2.09. The van der Waals surface area contributed by atoms with Gasteiger partial charge in [-0.25, -0.2) is 0 Å². The molecule has 96 valence electrons. The first-order chi connectivity index (χ1) is 7.90. The average Bonchev–Trinajstić information content (AvgIpc) is 2.22. The topological polar surface area (TPSA) is 44.5 Å². The van der Waals surface area contributed by atoms with E-state index in [2.05, 4.69) is 15.9 Å². The van der Waals surface area contributed by atoms with Crippen molar-refractivity contribution in [3.63, 3.8) is 0 Å². The van der Waals surface area contributed by atoms with E-state index in [0.29, 0.717) is 19.8 Å². The third kappa shape index (κ3) is 6.05. The van der Waals surface area contributed by atoms with E-state index in [1.807, 2.05) is 39.0 Å². The minimum absolute atomic E-state index is 0.122. The standard InChI is InChI=1S/C13H20BrNO2/c1-13(2,3)17-5-4-16-12-7-10(9-15)6-11(14)8-12/h6-8H,4-5,9,15H2,1-3H3. The molecule has 1 aromatic rings. The van der Waals surface area contributed by atoms with Crippen LogP contribution >= 0.6 is 15.9 Å². The van der Waals surface area contributed by atoms with Gasteiger partial charge < -0.3 is 15.2 Å². The molecule has 0 aliphatic heterocycles. The van der Waals surface area contributed by atoms with Crippen molar-refractivity contribution >= 4 is 15.9 Å². The molecule has 0 heterocycles. The molecule has 0 saturated carbocycles. The van der Waals surface area contributed by atoms with E-state index in [-0.39, 0.29) is 5.60 Å². The third-order valence-corrected chi connectivity index (χ3v) is 2.51. The second-order valence-electron chi connectivity index (χ2n) is 4.81. The molecule has 17 heavy (non-hydrogen) atoms. The van der Waals surface area contributed by atoms with Crippen molar-refractivity contribution in [1.29, 1.82) is 0 Å². The van der Waals surface area contributed by atoms with Gasteiger partial charge in [0.1, 0.15) is 12.4 Å². The Morgan fingerprint density at radius 2 is 1.88 bits per heavy atom. The molecule has 3 nitrogen and oxygen atoms in total. The highest BCUT2D eigenvalue weighted by Crippen LogP contribution is 2.21. The summed E-state index contributed by atoms with van der Waals surface area (Å²) in [5.41, 5.74) is 6.52. The molecular formula is C13H20BrNO2. The largest absolute Gasteiger partial charge is 0.491 e. The molecular weight excluding hydrogens is 282 g/mol. The van der Waals surface area contributed by atoms with Gasteiger partial charge in [-0.2, -0.15) is 0 Å². The van der Waals surface area contributed by atoms with E-state index in [9.17, 15) is 0 Å². The number of rotatable bonds is 5. The van der Waals surface area contributed by atoms with Crippen LogP contribution < -0.4 is 10.5 Å². The number of nitrogens with two attached hydrogens (primary N) is 1. The van der Waals surface area contributed by atoms with Crippen LogP contribution in [-0.2, 0) is 11.3 Å². The predicted octanol–water partition coefficient (Wildman–Crippen LogP) is 3.10. The van der Waals surface area contributed by atoms with Crippen molar-refractivity contribution in [3.05, 3.63) is 28.2 Å². The summed E-state index contributed by atoms with van der Waals surface area (Å²) in [6, 6.07) is 5.86. The van der Waals surface area contributed by atoms with Crippen molar-refractivity contribution in [2.45, 2.75) is 32.9 Å². The van der Waals surface area contributed by atoms with Crippen molar-refractivity contribution in [1.82, 2.24) is 0 Å². The second kappa shape index (κ2) is 6.38. The summed E-state index contributed by atoms with van der Waals surface area (Å²) in [4.78, 5) is 0. The van der Waals surface area contributed by atoms with Gasteiger partial charge in [0.25, 0.3) is 0 Å². The monoisotopic (exact) mass is 301 g/mol. The van der Waals surface area contributed by atoms with Gasteiger partial charge in [-0.15, -0.1) is 0 Å². The first kappa shape index (κ1) is 14.5. The molecule has 0 aliphatic carbocycles. The molecule has 0 bridgehead atoms.